The first-order chi connectivity index (χ1) is 11.1. The summed E-state index contributed by atoms with van der Waals surface area (Å²) in [6.07, 6.45) is 0.634. The maximum Gasteiger partial charge on any atom is 0.215 e. The molecule has 1 aromatic carbocycles. The van der Waals surface area contributed by atoms with Crippen molar-refractivity contribution in [2.75, 3.05) is 13.7 Å². The third-order valence-electron chi connectivity index (χ3n) is 2.76. The highest BCUT2D eigenvalue weighted by Gasteiger charge is 2.12. The van der Waals surface area contributed by atoms with Crippen molar-refractivity contribution in [1.82, 2.24) is 24.5 Å². The molecule has 0 aliphatic heterocycles. The van der Waals surface area contributed by atoms with Gasteiger partial charge in [-0.25, -0.2) is 18.7 Å². The van der Waals surface area contributed by atoms with Gasteiger partial charge in [0, 0.05) is 25.2 Å². The summed E-state index contributed by atoms with van der Waals surface area (Å²) in [5, 5.41) is 7.08. The molecule has 3 aromatic rings. The summed E-state index contributed by atoms with van der Waals surface area (Å²) < 4.78 is 36.3. The summed E-state index contributed by atoms with van der Waals surface area (Å²) >= 11 is 2.47. The number of aromatic nitrogens is 5. The fourth-order valence-electron chi connectivity index (χ4n) is 1.76. The first kappa shape index (κ1) is 16.0. The quantitative estimate of drug-likeness (QED) is 0.733. The highest BCUT2D eigenvalue weighted by Crippen LogP contribution is 2.28. The van der Waals surface area contributed by atoms with Crippen molar-refractivity contribution in [3.05, 3.63) is 35.7 Å². The van der Waals surface area contributed by atoms with Crippen molar-refractivity contribution in [3.63, 3.8) is 0 Å². The smallest absolute Gasteiger partial charge is 0.215 e. The summed E-state index contributed by atoms with van der Waals surface area (Å²) in [6.45, 7) is 0.552. The maximum atomic E-state index is 13.2. The van der Waals surface area contributed by atoms with E-state index >= 15 is 0 Å². The van der Waals surface area contributed by atoms with Gasteiger partial charge in [0.15, 0.2) is 10.2 Å². The first-order valence-corrected chi connectivity index (χ1v) is 8.11. The molecule has 0 unspecified atom stereocenters. The number of halogens is 2. The molecule has 3 rings (SSSR count). The number of methoxy groups -OCH3 is 1. The Morgan fingerprint density at radius 2 is 2.00 bits per heavy atom. The Balaban J connectivity index is 1.73. The molecule has 6 nitrogen and oxygen atoms in total. The van der Waals surface area contributed by atoms with Crippen LogP contribution in [0.15, 0.2) is 27.7 Å². The Morgan fingerprint density at radius 1 is 1.22 bits per heavy atom. The largest absolute Gasteiger partial charge is 0.384 e. The van der Waals surface area contributed by atoms with E-state index in [4.69, 9.17) is 4.74 Å². The molecule has 10 heteroatoms. The average Bonchev–Trinajstić information content (AvgIpc) is 3.14. The van der Waals surface area contributed by atoms with E-state index in [-0.39, 0.29) is 5.82 Å². The summed E-state index contributed by atoms with van der Waals surface area (Å²) in [7, 11) is 1.62. The third kappa shape index (κ3) is 4.09. The molecular weight excluding hydrogens is 344 g/mol. The molecule has 2 heterocycles. The van der Waals surface area contributed by atoms with Gasteiger partial charge in [-0.15, -0.1) is 5.10 Å². The lowest BCUT2D eigenvalue weighted by Crippen LogP contribution is -1.95. The number of hydrogen-bond donors (Lipinski definition) is 1. The number of ether oxygens (including phenoxy) is 1. The van der Waals surface area contributed by atoms with Gasteiger partial charge >= 0.3 is 0 Å². The van der Waals surface area contributed by atoms with Gasteiger partial charge in [0.05, 0.1) is 6.61 Å². The van der Waals surface area contributed by atoms with E-state index in [0.717, 1.165) is 6.07 Å². The van der Waals surface area contributed by atoms with Crippen LogP contribution < -0.4 is 0 Å². The second-order valence-electron chi connectivity index (χ2n) is 4.45. The molecule has 0 bridgehead atoms. The minimum atomic E-state index is -0.669. The molecule has 0 fully saturated rings. The first-order valence-electron chi connectivity index (χ1n) is 6.52. The van der Waals surface area contributed by atoms with E-state index in [9.17, 15) is 8.78 Å². The van der Waals surface area contributed by atoms with Gasteiger partial charge in [-0.05, 0) is 35.4 Å². The fraction of sp³-hybridized carbons (Fsp3) is 0.231. The van der Waals surface area contributed by atoms with Gasteiger partial charge in [0.2, 0.25) is 5.16 Å². The molecule has 0 aliphatic carbocycles. The van der Waals surface area contributed by atoms with Crippen LogP contribution in [0.1, 0.15) is 5.82 Å². The van der Waals surface area contributed by atoms with Crippen molar-refractivity contribution < 1.29 is 13.5 Å². The number of aromatic amines is 1. The Hall–Kier alpha value is -1.91. The fourth-order valence-corrected chi connectivity index (χ4v) is 3.25. The average molecular weight is 355 g/mol. The molecule has 0 radical (unpaired) electrons. The lowest BCUT2D eigenvalue weighted by atomic mass is 10.2. The van der Waals surface area contributed by atoms with Crippen LogP contribution in [0.2, 0.25) is 0 Å². The van der Waals surface area contributed by atoms with E-state index in [1.54, 1.807) is 7.11 Å². The topological polar surface area (TPSA) is 76.6 Å². The number of rotatable bonds is 6. The van der Waals surface area contributed by atoms with Gasteiger partial charge in [0.1, 0.15) is 17.5 Å². The van der Waals surface area contributed by atoms with E-state index in [1.165, 1.54) is 35.4 Å². The standard InChI is InChI=1S/C13H11F2N5OS2/c1-21-3-2-10-16-13(23-20-10)22-12-17-11(18-19-12)7-4-8(14)6-9(15)5-7/h4-6H,2-3H2,1H3,(H,17,18,19). The molecular formula is C13H11F2N5OS2. The SMILES string of the molecule is COCCc1nsc(Sc2n[nH]c(-c3cc(F)cc(F)c3)n2)n1. The van der Waals surface area contributed by atoms with E-state index in [1.807, 2.05) is 0 Å². The highest BCUT2D eigenvalue weighted by atomic mass is 32.2. The Kier molecular flexibility index (Phi) is 4.94. The van der Waals surface area contributed by atoms with E-state index in [0.29, 0.717) is 33.9 Å². The van der Waals surface area contributed by atoms with Crippen molar-refractivity contribution >= 4 is 23.3 Å². The zero-order chi connectivity index (χ0) is 16.2. The van der Waals surface area contributed by atoms with Gasteiger partial charge in [0.25, 0.3) is 0 Å². The van der Waals surface area contributed by atoms with E-state index < -0.39 is 11.6 Å². The monoisotopic (exact) mass is 355 g/mol. The molecule has 2 aromatic heterocycles. The van der Waals surface area contributed by atoms with Crippen LogP contribution in [-0.2, 0) is 11.2 Å². The molecule has 0 aliphatic rings. The Labute approximate surface area is 138 Å². The van der Waals surface area contributed by atoms with Crippen molar-refractivity contribution in [2.45, 2.75) is 15.9 Å². The Bertz CT molecular complexity index is 787. The van der Waals surface area contributed by atoms with Crippen LogP contribution in [0.4, 0.5) is 8.78 Å². The second-order valence-corrected chi connectivity index (χ2v) is 6.41. The van der Waals surface area contributed by atoms with Crippen LogP contribution in [0, 0.1) is 11.6 Å². The number of nitrogens with zero attached hydrogens (tertiary/aromatic N) is 4. The van der Waals surface area contributed by atoms with Crippen LogP contribution in [0.3, 0.4) is 0 Å². The third-order valence-corrected chi connectivity index (χ3v) is 4.41. The number of nitrogens with one attached hydrogen (secondary N) is 1. The lowest BCUT2D eigenvalue weighted by molar-refractivity contribution is 0.200. The van der Waals surface area contributed by atoms with Gasteiger partial charge in [-0.2, -0.15) is 4.37 Å². The molecule has 0 spiro atoms. The van der Waals surface area contributed by atoms with Gasteiger partial charge < -0.3 is 4.74 Å². The maximum absolute atomic E-state index is 13.2. The van der Waals surface area contributed by atoms with Crippen LogP contribution >= 0.6 is 23.3 Å². The van der Waals surface area contributed by atoms with Crippen molar-refractivity contribution in [3.8, 4) is 11.4 Å². The van der Waals surface area contributed by atoms with Crippen molar-refractivity contribution in [2.24, 2.45) is 0 Å². The minimum Gasteiger partial charge on any atom is -0.384 e. The van der Waals surface area contributed by atoms with Gasteiger partial charge in [-0.3, -0.25) is 5.10 Å². The number of H-pyrrole nitrogens is 1. The van der Waals surface area contributed by atoms with Gasteiger partial charge in [-0.1, -0.05) is 0 Å². The predicted molar refractivity (Wildman–Crippen MR) is 81.3 cm³/mol. The molecule has 0 saturated carbocycles. The summed E-state index contributed by atoms with van der Waals surface area (Å²) in [6, 6.07) is 3.18. The summed E-state index contributed by atoms with van der Waals surface area (Å²) in [5.74, 6) is -0.354. The van der Waals surface area contributed by atoms with Crippen LogP contribution in [0.5, 0.6) is 0 Å². The molecule has 0 saturated heterocycles. The molecule has 23 heavy (non-hydrogen) atoms. The van der Waals surface area contributed by atoms with Crippen molar-refractivity contribution in [1.29, 1.82) is 0 Å². The molecule has 1 N–H and O–H groups in total. The lowest BCUT2D eigenvalue weighted by Gasteiger charge is -1.96. The van der Waals surface area contributed by atoms with E-state index in [2.05, 4.69) is 24.5 Å². The molecule has 0 amide bonds. The minimum absolute atomic E-state index is 0.287. The molecule has 120 valence electrons. The number of hydrogen-bond acceptors (Lipinski definition) is 7. The van der Waals surface area contributed by atoms with Crippen LogP contribution in [0.25, 0.3) is 11.4 Å². The zero-order valence-corrected chi connectivity index (χ0v) is 13.5. The molecule has 0 atom stereocenters. The Morgan fingerprint density at radius 3 is 2.74 bits per heavy atom. The summed E-state index contributed by atoms with van der Waals surface area (Å²) in [4.78, 5) is 8.54. The summed E-state index contributed by atoms with van der Waals surface area (Å²) in [5.41, 5.74) is 0.292. The number of benzene rings is 1. The van der Waals surface area contributed by atoms with Crippen LogP contribution in [-0.4, -0.2) is 38.3 Å². The second kappa shape index (κ2) is 7.11. The zero-order valence-electron chi connectivity index (χ0n) is 11.9. The predicted octanol–water partition coefficient (Wildman–Crippen LogP) is 2.94. The highest BCUT2D eigenvalue weighted by molar-refractivity contribution is 8.00. The normalized spacial score (nSPS) is 11.1.